The Morgan fingerprint density at radius 2 is 2.29 bits per heavy atom. The fraction of sp³-hybridized carbons (Fsp3) is 0.700. The number of aromatic nitrogens is 1. The number of hydrogen-bond donors (Lipinski definition) is 1. The molecule has 0 unspecified atom stereocenters. The quantitative estimate of drug-likeness (QED) is 0.730. The van der Waals surface area contributed by atoms with E-state index in [4.69, 9.17) is 5.73 Å². The van der Waals surface area contributed by atoms with Crippen LogP contribution in [0.3, 0.4) is 0 Å². The summed E-state index contributed by atoms with van der Waals surface area (Å²) in [5.41, 5.74) is 8.53. The standard InChI is InChI=1S/C10H19N3S/c1-9-10(14-8-12-9)7-13(2)6-4-3-5-11/h8H,3-7,11H2,1-2H3. The molecule has 1 heterocycles. The second-order valence-corrected chi connectivity index (χ2v) is 4.53. The van der Waals surface area contributed by atoms with Gasteiger partial charge in [-0.05, 0) is 39.9 Å². The fourth-order valence-electron chi connectivity index (χ4n) is 1.33. The summed E-state index contributed by atoms with van der Waals surface area (Å²) in [7, 11) is 2.15. The van der Waals surface area contributed by atoms with E-state index >= 15 is 0 Å². The maximum Gasteiger partial charge on any atom is 0.0798 e. The van der Waals surface area contributed by atoms with E-state index in [1.807, 2.05) is 5.51 Å². The molecule has 0 amide bonds. The summed E-state index contributed by atoms with van der Waals surface area (Å²) in [4.78, 5) is 7.94. The van der Waals surface area contributed by atoms with Gasteiger partial charge in [-0.25, -0.2) is 4.98 Å². The predicted octanol–water partition coefficient (Wildman–Crippen LogP) is 1.62. The average molecular weight is 213 g/mol. The van der Waals surface area contributed by atoms with Gasteiger partial charge < -0.3 is 10.6 Å². The van der Waals surface area contributed by atoms with Crippen LogP contribution < -0.4 is 5.73 Å². The highest BCUT2D eigenvalue weighted by molar-refractivity contribution is 7.09. The second-order valence-electron chi connectivity index (χ2n) is 3.59. The van der Waals surface area contributed by atoms with Crippen molar-refractivity contribution in [3.05, 3.63) is 16.1 Å². The first-order chi connectivity index (χ1) is 6.74. The molecular weight excluding hydrogens is 194 g/mol. The highest BCUT2D eigenvalue weighted by atomic mass is 32.1. The maximum absolute atomic E-state index is 5.45. The Labute approximate surface area is 89.9 Å². The Bertz CT molecular complexity index is 260. The van der Waals surface area contributed by atoms with E-state index in [2.05, 4.69) is 23.9 Å². The van der Waals surface area contributed by atoms with Crippen molar-refractivity contribution in [2.24, 2.45) is 5.73 Å². The molecule has 1 rings (SSSR count). The van der Waals surface area contributed by atoms with Gasteiger partial charge in [0.05, 0.1) is 11.2 Å². The summed E-state index contributed by atoms with van der Waals surface area (Å²) < 4.78 is 0. The maximum atomic E-state index is 5.45. The molecule has 0 fully saturated rings. The van der Waals surface area contributed by atoms with E-state index in [0.717, 1.165) is 26.1 Å². The average Bonchev–Trinajstić information content (AvgIpc) is 2.52. The van der Waals surface area contributed by atoms with Gasteiger partial charge in [-0.15, -0.1) is 11.3 Å². The highest BCUT2D eigenvalue weighted by Gasteiger charge is 2.04. The molecular formula is C10H19N3S. The number of nitrogens with zero attached hydrogens (tertiary/aromatic N) is 2. The van der Waals surface area contributed by atoms with E-state index in [9.17, 15) is 0 Å². The Hall–Kier alpha value is -0.450. The molecule has 80 valence electrons. The van der Waals surface area contributed by atoms with Gasteiger partial charge in [-0.1, -0.05) is 0 Å². The third-order valence-electron chi connectivity index (χ3n) is 2.25. The Morgan fingerprint density at radius 1 is 1.50 bits per heavy atom. The van der Waals surface area contributed by atoms with Crippen molar-refractivity contribution >= 4 is 11.3 Å². The van der Waals surface area contributed by atoms with E-state index in [0.29, 0.717) is 0 Å². The Balaban J connectivity index is 2.27. The normalized spacial score (nSPS) is 11.1. The summed E-state index contributed by atoms with van der Waals surface area (Å²) in [5.74, 6) is 0. The van der Waals surface area contributed by atoms with E-state index < -0.39 is 0 Å². The van der Waals surface area contributed by atoms with Gasteiger partial charge in [0, 0.05) is 11.4 Å². The molecule has 1 aromatic rings. The monoisotopic (exact) mass is 213 g/mol. The fourth-order valence-corrected chi connectivity index (χ4v) is 2.18. The van der Waals surface area contributed by atoms with Crippen molar-refractivity contribution in [3.8, 4) is 0 Å². The number of hydrogen-bond acceptors (Lipinski definition) is 4. The lowest BCUT2D eigenvalue weighted by Crippen LogP contribution is -2.19. The predicted molar refractivity (Wildman–Crippen MR) is 61.5 cm³/mol. The Kier molecular flexibility index (Phi) is 5.07. The Morgan fingerprint density at radius 3 is 2.86 bits per heavy atom. The molecule has 0 saturated carbocycles. The molecule has 3 nitrogen and oxygen atoms in total. The minimum absolute atomic E-state index is 0.799. The molecule has 0 saturated heterocycles. The molecule has 0 aliphatic rings. The number of aryl methyl sites for hydroxylation is 1. The molecule has 14 heavy (non-hydrogen) atoms. The minimum atomic E-state index is 0.799. The van der Waals surface area contributed by atoms with Gasteiger partial charge >= 0.3 is 0 Å². The highest BCUT2D eigenvalue weighted by Crippen LogP contribution is 2.14. The third-order valence-corrected chi connectivity index (χ3v) is 3.17. The first-order valence-electron chi connectivity index (χ1n) is 5.01. The van der Waals surface area contributed by atoms with Gasteiger partial charge in [-0.3, -0.25) is 0 Å². The largest absolute Gasteiger partial charge is 0.330 e. The summed E-state index contributed by atoms with van der Waals surface area (Å²) in [5, 5.41) is 0. The van der Waals surface area contributed by atoms with Crippen molar-refractivity contribution in [1.82, 2.24) is 9.88 Å². The second kappa shape index (κ2) is 6.11. The first-order valence-corrected chi connectivity index (χ1v) is 5.89. The molecule has 0 atom stereocenters. The van der Waals surface area contributed by atoms with Crippen molar-refractivity contribution < 1.29 is 0 Å². The van der Waals surface area contributed by atoms with Gasteiger partial charge in [0.1, 0.15) is 0 Å². The summed E-state index contributed by atoms with van der Waals surface area (Å²) in [6.45, 7) is 5.00. The lowest BCUT2D eigenvalue weighted by Gasteiger charge is -2.15. The van der Waals surface area contributed by atoms with Crippen LogP contribution in [0.4, 0.5) is 0 Å². The van der Waals surface area contributed by atoms with Gasteiger partial charge in [0.15, 0.2) is 0 Å². The van der Waals surface area contributed by atoms with Gasteiger partial charge in [-0.2, -0.15) is 0 Å². The van der Waals surface area contributed by atoms with Crippen LogP contribution in [0, 0.1) is 6.92 Å². The van der Waals surface area contributed by atoms with Crippen molar-refractivity contribution in [2.75, 3.05) is 20.1 Å². The molecule has 0 bridgehead atoms. The molecule has 0 radical (unpaired) electrons. The lowest BCUT2D eigenvalue weighted by molar-refractivity contribution is 0.321. The zero-order valence-electron chi connectivity index (χ0n) is 8.99. The molecule has 0 aliphatic carbocycles. The number of nitrogens with two attached hydrogens (primary N) is 1. The molecule has 0 spiro atoms. The number of thiazole rings is 1. The third kappa shape index (κ3) is 3.74. The topological polar surface area (TPSA) is 42.2 Å². The summed E-state index contributed by atoms with van der Waals surface area (Å²) >= 11 is 1.74. The van der Waals surface area contributed by atoms with Crippen LogP contribution in [0.25, 0.3) is 0 Å². The zero-order chi connectivity index (χ0) is 10.4. The molecule has 2 N–H and O–H groups in total. The first kappa shape index (κ1) is 11.6. The van der Waals surface area contributed by atoms with Crippen LogP contribution in [0.2, 0.25) is 0 Å². The van der Waals surface area contributed by atoms with Crippen molar-refractivity contribution in [3.63, 3.8) is 0 Å². The summed E-state index contributed by atoms with van der Waals surface area (Å²) in [6.07, 6.45) is 2.30. The van der Waals surface area contributed by atoms with Gasteiger partial charge in [0.25, 0.3) is 0 Å². The van der Waals surface area contributed by atoms with Crippen LogP contribution >= 0.6 is 11.3 Å². The molecule has 0 aromatic carbocycles. The molecule has 1 aromatic heterocycles. The van der Waals surface area contributed by atoms with Crippen LogP contribution in [0.1, 0.15) is 23.4 Å². The van der Waals surface area contributed by atoms with Crippen molar-refractivity contribution in [1.29, 1.82) is 0 Å². The molecule has 0 aliphatic heterocycles. The summed E-state index contributed by atoms with van der Waals surface area (Å²) in [6, 6.07) is 0. The molecule has 4 heteroatoms. The van der Waals surface area contributed by atoms with Crippen LogP contribution in [0.5, 0.6) is 0 Å². The van der Waals surface area contributed by atoms with E-state index in [1.54, 1.807) is 11.3 Å². The van der Waals surface area contributed by atoms with Crippen LogP contribution in [-0.2, 0) is 6.54 Å². The smallest absolute Gasteiger partial charge is 0.0798 e. The number of unbranched alkanes of at least 4 members (excludes halogenated alkanes) is 1. The van der Waals surface area contributed by atoms with Crippen molar-refractivity contribution in [2.45, 2.75) is 26.3 Å². The van der Waals surface area contributed by atoms with Crippen LogP contribution in [0.15, 0.2) is 5.51 Å². The zero-order valence-corrected chi connectivity index (χ0v) is 9.81. The SMILES string of the molecule is Cc1ncsc1CN(C)CCCCN. The van der Waals surface area contributed by atoms with Crippen LogP contribution in [-0.4, -0.2) is 30.0 Å². The lowest BCUT2D eigenvalue weighted by atomic mass is 10.3. The van der Waals surface area contributed by atoms with E-state index in [-0.39, 0.29) is 0 Å². The number of rotatable bonds is 6. The van der Waals surface area contributed by atoms with Gasteiger partial charge in [0.2, 0.25) is 0 Å². The minimum Gasteiger partial charge on any atom is -0.330 e. The van der Waals surface area contributed by atoms with E-state index in [1.165, 1.54) is 17.0 Å².